The molecule has 1 aromatic carbocycles. The van der Waals surface area contributed by atoms with Gasteiger partial charge in [0, 0.05) is 36.6 Å². The number of hydrogen-bond donors (Lipinski definition) is 0. The van der Waals surface area contributed by atoms with Crippen LogP contribution in [0.25, 0.3) is 0 Å². The minimum absolute atomic E-state index is 0.0381. The molecule has 2 aromatic rings. The number of aromatic nitrogens is 1. The van der Waals surface area contributed by atoms with E-state index in [0.717, 1.165) is 22.9 Å². The highest BCUT2D eigenvalue weighted by molar-refractivity contribution is 7.09. The fourth-order valence-corrected chi connectivity index (χ4v) is 3.21. The van der Waals surface area contributed by atoms with Crippen LogP contribution in [0.5, 0.6) is 5.75 Å². The van der Waals surface area contributed by atoms with Crippen LogP contribution in [0.2, 0.25) is 5.02 Å². The summed E-state index contributed by atoms with van der Waals surface area (Å²) in [7, 11) is 1.67. The second kappa shape index (κ2) is 10.5. The molecule has 2 rings (SSSR count). The van der Waals surface area contributed by atoms with Gasteiger partial charge in [-0.15, -0.1) is 11.3 Å². The Morgan fingerprint density at radius 3 is 2.69 bits per heavy atom. The van der Waals surface area contributed by atoms with Crippen LogP contribution in [0.15, 0.2) is 29.6 Å². The van der Waals surface area contributed by atoms with E-state index in [1.807, 2.05) is 36.3 Å². The Bertz CT molecular complexity index is 688. The highest BCUT2D eigenvalue weighted by Gasteiger charge is 2.18. The molecule has 1 aromatic heterocycles. The Kier molecular flexibility index (Phi) is 8.35. The van der Waals surface area contributed by atoms with Crippen LogP contribution in [0.3, 0.4) is 0 Å². The van der Waals surface area contributed by atoms with Crippen molar-refractivity contribution >= 4 is 28.8 Å². The van der Waals surface area contributed by atoms with Crippen LogP contribution in [0.4, 0.5) is 0 Å². The third-order valence-electron chi connectivity index (χ3n) is 3.71. The van der Waals surface area contributed by atoms with Crippen molar-refractivity contribution in [2.24, 2.45) is 5.92 Å². The maximum Gasteiger partial charge on any atom is 0.225 e. The zero-order valence-corrected chi connectivity index (χ0v) is 17.0. The van der Waals surface area contributed by atoms with Crippen LogP contribution in [0, 0.1) is 5.92 Å². The maximum absolute atomic E-state index is 12.4. The Morgan fingerprint density at radius 2 is 2.04 bits per heavy atom. The Hall–Kier alpha value is -1.63. The fraction of sp³-hybridized carbons (Fsp3) is 0.474. The van der Waals surface area contributed by atoms with E-state index >= 15 is 0 Å². The minimum Gasteiger partial charge on any atom is -0.486 e. The first-order valence-corrected chi connectivity index (χ1v) is 9.84. The van der Waals surface area contributed by atoms with E-state index in [4.69, 9.17) is 21.1 Å². The second-order valence-electron chi connectivity index (χ2n) is 6.24. The number of carbonyl (C=O) groups excluding carboxylic acids is 1. The number of carbonyl (C=O) groups is 1. The topological polar surface area (TPSA) is 51.7 Å². The molecule has 142 valence electrons. The third-order valence-corrected chi connectivity index (χ3v) is 4.83. The predicted molar refractivity (Wildman–Crippen MR) is 105 cm³/mol. The van der Waals surface area contributed by atoms with Crippen LogP contribution in [-0.2, 0) is 22.7 Å². The molecule has 0 N–H and O–H groups in total. The molecule has 7 heteroatoms. The molecule has 0 spiro atoms. The first-order chi connectivity index (χ1) is 12.5. The number of rotatable bonds is 10. The molecule has 0 saturated heterocycles. The van der Waals surface area contributed by atoms with Gasteiger partial charge in [-0.2, -0.15) is 0 Å². The lowest BCUT2D eigenvalue weighted by Crippen LogP contribution is -2.35. The van der Waals surface area contributed by atoms with Gasteiger partial charge in [0.25, 0.3) is 0 Å². The monoisotopic (exact) mass is 396 g/mol. The highest BCUT2D eigenvalue weighted by atomic mass is 35.5. The summed E-state index contributed by atoms with van der Waals surface area (Å²) < 4.78 is 10.8. The summed E-state index contributed by atoms with van der Waals surface area (Å²) in [6.45, 7) is 6.04. The average molecular weight is 397 g/mol. The molecule has 0 saturated carbocycles. The summed E-state index contributed by atoms with van der Waals surface area (Å²) in [5.41, 5.74) is 0.885. The highest BCUT2D eigenvalue weighted by Crippen LogP contribution is 2.19. The van der Waals surface area contributed by atoms with Crippen molar-refractivity contribution in [3.05, 3.63) is 45.4 Å². The van der Waals surface area contributed by atoms with Crippen molar-refractivity contribution in [3.8, 4) is 5.75 Å². The SMILES string of the molecule is COCCCN(Cc1csc(COc2ccc(Cl)cc2)n1)C(=O)C(C)C. The van der Waals surface area contributed by atoms with Gasteiger partial charge >= 0.3 is 0 Å². The van der Waals surface area contributed by atoms with Crippen molar-refractivity contribution in [2.75, 3.05) is 20.3 Å². The second-order valence-corrected chi connectivity index (χ2v) is 7.62. The molecule has 0 unspecified atom stereocenters. The molecule has 0 atom stereocenters. The van der Waals surface area contributed by atoms with E-state index < -0.39 is 0 Å². The van der Waals surface area contributed by atoms with Gasteiger partial charge in [-0.05, 0) is 30.7 Å². The zero-order valence-electron chi connectivity index (χ0n) is 15.4. The summed E-state index contributed by atoms with van der Waals surface area (Å²) in [5.74, 6) is 0.847. The molecular formula is C19H25ClN2O3S. The number of halogens is 1. The lowest BCUT2D eigenvalue weighted by atomic mass is 10.2. The van der Waals surface area contributed by atoms with E-state index in [1.54, 1.807) is 19.2 Å². The first-order valence-electron chi connectivity index (χ1n) is 8.59. The molecule has 5 nitrogen and oxygen atoms in total. The predicted octanol–water partition coefficient (Wildman–Crippen LogP) is 4.40. The van der Waals surface area contributed by atoms with Gasteiger partial charge in [-0.1, -0.05) is 25.4 Å². The largest absolute Gasteiger partial charge is 0.486 e. The van der Waals surface area contributed by atoms with E-state index in [0.29, 0.717) is 31.3 Å². The molecule has 1 heterocycles. The van der Waals surface area contributed by atoms with Gasteiger partial charge in [-0.25, -0.2) is 4.98 Å². The van der Waals surface area contributed by atoms with Crippen molar-refractivity contribution in [2.45, 2.75) is 33.4 Å². The number of thiazole rings is 1. The van der Waals surface area contributed by atoms with E-state index in [2.05, 4.69) is 4.98 Å². The molecular weight excluding hydrogens is 372 g/mol. The normalized spacial score (nSPS) is 11.0. The Labute approximate surface area is 163 Å². The number of nitrogens with zero attached hydrogens (tertiary/aromatic N) is 2. The van der Waals surface area contributed by atoms with Gasteiger partial charge in [0.05, 0.1) is 12.2 Å². The molecule has 0 aliphatic heterocycles. The molecule has 0 bridgehead atoms. The van der Waals surface area contributed by atoms with E-state index in [-0.39, 0.29) is 11.8 Å². The number of amides is 1. The minimum atomic E-state index is -0.0381. The van der Waals surface area contributed by atoms with E-state index in [9.17, 15) is 4.79 Å². The van der Waals surface area contributed by atoms with Crippen LogP contribution < -0.4 is 4.74 Å². The van der Waals surface area contributed by atoms with Gasteiger partial charge in [0.2, 0.25) is 5.91 Å². The summed E-state index contributed by atoms with van der Waals surface area (Å²) >= 11 is 7.41. The zero-order chi connectivity index (χ0) is 18.9. The van der Waals surface area contributed by atoms with Crippen LogP contribution in [0.1, 0.15) is 31.0 Å². The first kappa shape index (κ1) is 20.7. The quantitative estimate of drug-likeness (QED) is 0.558. The van der Waals surface area contributed by atoms with Crippen molar-refractivity contribution in [1.82, 2.24) is 9.88 Å². The lowest BCUT2D eigenvalue weighted by Gasteiger charge is -2.23. The molecule has 0 radical (unpaired) electrons. The molecule has 26 heavy (non-hydrogen) atoms. The summed E-state index contributed by atoms with van der Waals surface area (Å²) in [4.78, 5) is 18.9. The van der Waals surface area contributed by atoms with Crippen molar-refractivity contribution < 1.29 is 14.3 Å². The van der Waals surface area contributed by atoms with Crippen LogP contribution in [-0.4, -0.2) is 36.1 Å². The summed E-state index contributed by atoms with van der Waals surface area (Å²) in [6, 6.07) is 7.24. The third kappa shape index (κ3) is 6.59. The molecule has 0 aliphatic rings. The van der Waals surface area contributed by atoms with Crippen molar-refractivity contribution in [1.29, 1.82) is 0 Å². The molecule has 0 fully saturated rings. The summed E-state index contributed by atoms with van der Waals surface area (Å²) in [6.07, 6.45) is 0.811. The van der Waals surface area contributed by atoms with E-state index in [1.165, 1.54) is 11.3 Å². The smallest absolute Gasteiger partial charge is 0.225 e. The number of hydrogen-bond acceptors (Lipinski definition) is 5. The van der Waals surface area contributed by atoms with Gasteiger partial charge in [-0.3, -0.25) is 4.79 Å². The number of ether oxygens (including phenoxy) is 2. The fourth-order valence-electron chi connectivity index (χ4n) is 2.39. The standard InChI is InChI=1S/C19H25ClN2O3S/c1-14(2)19(23)22(9-4-10-24-3)11-16-13-26-18(21-16)12-25-17-7-5-15(20)6-8-17/h5-8,13-14H,4,9-12H2,1-3H3. The van der Waals surface area contributed by atoms with Gasteiger partial charge < -0.3 is 14.4 Å². The summed E-state index contributed by atoms with van der Waals surface area (Å²) in [5, 5.41) is 3.54. The van der Waals surface area contributed by atoms with Gasteiger partial charge in [0.1, 0.15) is 17.4 Å². The molecule has 1 amide bonds. The number of benzene rings is 1. The number of methoxy groups -OCH3 is 1. The van der Waals surface area contributed by atoms with Crippen molar-refractivity contribution in [3.63, 3.8) is 0 Å². The Morgan fingerprint density at radius 1 is 1.31 bits per heavy atom. The lowest BCUT2D eigenvalue weighted by molar-refractivity contribution is -0.135. The molecule has 0 aliphatic carbocycles. The average Bonchev–Trinajstić information content (AvgIpc) is 3.07. The van der Waals surface area contributed by atoms with Gasteiger partial charge in [0.15, 0.2) is 0 Å². The van der Waals surface area contributed by atoms with Crippen LogP contribution >= 0.6 is 22.9 Å². The maximum atomic E-state index is 12.4. The Balaban J connectivity index is 1.92.